The average Bonchev–Trinajstić information content (AvgIpc) is 2.53. The maximum absolute atomic E-state index is 12.7. The van der Waals surface area contributed by atoms with Crippen LogP contribution in [0.15, 0.2) is 24.3 Å². The van der Waals surface area contributed by atoms with E-state index in [1.807, 2.05) is 36.1 Å². The largest absolute Gasteiger partial charge is 0.492 e. The van der Waals surface area contributed by atoms with Gasteiger partial charge in [0, 0.05) is 18.4 Å². The minimum absolute atomic E-state index is 0.0782. The smallest absolute Gasteiger partial charge is 0.229 e. The first-order valence-corrected chi connectivity index (χ1v) is 8.50. The molecule has 0 N–H and O–H groups in total. The highest BCUT2D eigenvalue weighted by molar-refractivity contribution is 9.09. The van der Waals surface area contributed by atoms with E-state index in [-0.39, 0.29) is 24.0 Å². The summed E-state index contributed by atoms with van der Waals surface area (Å²) in [6.07, 6.45) is 0.927. The Morgan fingerprint density at radius 3 is 3.00 bits per heavy atom. The van der Waals surface area contributed by atoms with Gasteiger partial charge in [0.15, 0.2) is 0 Å². The van der Waals surface area contributed by atoms with E-state index in [2.05, 4.69) is 15.9 Å². The number of alkyl halides is 1. The predicted octanol–water partition coefficient (Wildman–Crippen LogP) is 2.25. The fourth-order valence-electron chi connectivity index (χ4n) is 3.06. The molecule has 3 rings (SSSR count). The van der Waals surface area contributed by atoms with E-state index in [0.29, 0.717) is 19.7 Å². The number of halogens is 1. The zero-order valence-electron chi connectivity index (χ0n) is 12.1. The number of fused-ring (bicyclic) bond motifs is 1. The molecule has 2 heterocycles. The number of amides is 1. The van der Waals surface area contributed by atoms with E-state index >= 15 is 0 Å². The van der Waals surface area contributed by atoms with Gasteiger partial charge in [-0.2, -0.15) is 0 Å². The van der Waals surface area contributed by atoms with Gasteiger partial charge in [0.05, 0.1) is 18.1 Å². The number of benzene rings is 1. The second-order valence-electron chi connectivity index (χ2n) is 5.79. The maximum Gasteiger partial charge on any atom is 0.229 e. The molecule has 4 nitrogen and oxygen atoms in total. The molecule has 114 valence electrons. The van der Waals surface area contributed by atoms with Crippen molar-refractivity contribution < 1.29 is 14.3 Å². The van der Waals surface area contributed by atoms with Crippen LogP contribution in [0.2, 0.25) is 0 Å². The predicted molar refractivity (Wildman–Crippen MR) is 83.8 cm³/mol. The summed E-state index contributed by atoms with van der Waals surface area (Å²) in [5, 5.41) is 0.755. The van der Waals surface area contributed by atoms with Crippen LogP contribution in [-0.4, -0.2) is 48.0 Å². The first-order valence-electron chi connectivity index (χ1n) is 7.38. The van der Waals surface area contributed by atoms with Crippen LogP contribution in [0.1, 0.15) is 12.5 Å². The third-order valence-corrected chi connectivity index (χ3v) is 4.76. The molecule has 0 radical (unpaired) electrons. The van der Waals surface area contributed by atoms with Gasteiger partial charge in [-0.3, -0.25) is 4.79 Å². The van der Waals surface area contributed by atoms with Crippen molar-refractivity contribution in [2.75, 3.05) is 25.0 Å². The molecular formula is C16H20BrNO3. The molecule has 1 aromatic carbocycles. The van der Waals surface area contributed by atoms with E-state index in [1.54, 1.807) is 0 Å². The highest BCUT2D eigenvalue weighted by Gasteiger charge is 2.34. The van der Waals surface area contributed by atoms with Crippen molar-refractivity contribution in [1.82, 2.24) is 4.90 Å². The van der Waals surface area contributed by atoms with Gasteiger partial charge in [0.1, 0.15) is 12.4 Å². The average molecular weight is 354 g/mol. The van der Waals surface area contributed by atoms with Crippen LogP contribution in [0.5, 0.6) is 5.75 Å². The fourth-order valence-corrected chi connectivity index (χ4v) is 3.41. The number of hydrogen-bond acceptors (Lipinski definition) is 3. The van der Waals surface area contributed by atoms with Crippen LogP contribution in [0.3, 0.4) is 0 Å². The van der Waals surface area contributed by atoms with Crippen molar-refractivity contribution in [2.45, 2.75) is 25.6 Å². The summed E-state index contributed by atoms with van der Waals surface area (Å²) in [6, 6.07) is 7.96. The van der Waals surface area contributed by atoms with E-state index in [4.69, 9.17) is 9.47 Å². The van der Waals surface area contributed by atoms with E-state index in [0.717, 1.165) is 23.1 Å². The lowest BCUT2D eigenvalue weighted by atomic mass is 9.95. The van der Waals surface area contributed by atoms with Crippen LogP contribution >= 0.6 is 15.9 Å². The van der Waals surface area contributed by atoms with Crippen LogP contribution in [-0.2, 0) is 16.0 Å². The van der Waals surface area contributed by atoms with Gasteiger partial charge in [-0.1, -0.05) is 34.1 Å². The summed E-state index contributed by atoms with van der Waals surface area (Å²) in [7, 11) is 0. The zero-order valence-corrected chi connectivity index (χ0v) is 13.7. The van der Waals surface area contributed by atoms with Gasteiger partial charge in [-0.05, 0) is 25.0 Å². The molecule has 1 amide bonds. The monoisotopic (exact) mass is 353 g/mol. The molecule has 1 saturated heterocycles. The lowest BCUT2D eigenvalue weighted by molar-refractivity contribution is -0.148. The van der Waals surface area contributed by atoms with Gasteiger partial charge in [-0.15, -0.1) is 0 Å². The SMILES string of the molecule is CC1CN(C(=O)C2COc3ccccc3C2)CC(CBr)O1. The molecule has 0 aromatic heterocycles. The Morgan fingerprint density at radius 1 is 1.38 bits per heavy atom. The Balaban J connectivity index is 1.68. The standard InChI is InChI=1S/C16H20BrNO3/c1-11-8-18(9-14(7-17)21-11)16(19)13-6-12-4-2-3-5-15(12)20-10-13/h2-5,11,13-14H,6-10H2,1H3. The number of morpholine rings is 1. The second kappa shape index (κ2) is 6.36. The summed E-state index contributed by atoms with van der Waals surface area (Å²) in [4.78, 5) is 14.7. The van der Waals surface area contributed by atoms with Gasteiger partial charge >= 0.3 is 0 Å². The molecule has 1 aromatic rings. The number of para-hydroxylation sites is 1. The summed E-state index contributed by atoms with van der Waals surface area (Å²) in [5.41, 5.74) is 1.13. The summed E-state index contributed by atoms with van der Waals surface area (Å²) in [5.74, 6) is 1.02. The Morgan fingerprint density at radius 2 is 2.19 bits per heavy atom. The van der Waals surface area contributed by atoms with Crippen molar-refractivity contribution >= 4 is 21.8 Å². The molecule has 2 aliphatic heterocycles. The maximum atomic E-state index is 12.7. The number of carbonyl (C=O) groups excluding carboxylic acids is 1. The van der Waals surface area contributed by atoms with E-state index < -0.39 is 0 Å². The fraction of sp³-hybridized carbons (Fsp3) is 0.562. The summed E-state index contributed by atoms with van der Waals surface area (Å²) >= 11 is 3.44. The normalized spacial score (nSPS) is 28.7. The Kier molecular flexibility index (Phi) is 4.50. The van der Waals surface area contributed by atoms with E-state index in [9.17, 15) is 4.79 Å². The molecule has 21 heavy (non-hydrogen) atoms. The molecule has 1 fully saturated rings. The highest BCUT2D eigenvalue weighted by atomic mass is 79.9. The Bertz CT molecular complexity index is 522. The molecule has 0 aliphatic carbocycles. The summed E-state index contributed by atoms with van der Waals surface area (Å²) < 4.78 is 11.5. The third kappa shape index (κ3) is 3.24. The van der Waals surface area contributed by atoms with Crippen molar-refractivity contribution in [2.24, 2.45) is 5.92 Å². The van der Waals surface area contributed by atoms with Crippen LogP contribution < -0.4 is 4.74 Å². The van der Waals surface area contributed by atoms with Crippen molar-refractivity contribution in [3.63, 3.8) is 0 Å². The van der Waals surface area contributed by atoms with Gasteiger partial charge in [0.2, 0.25) is 5.91 Å². The highest BCUT2D eigenvalue weighted by Crippen LogP contribution is 2.28. The minimum atomic E-state index is -0.0822. The number of hydrogen-bond donors (Lipinski definition) is 0. The topological polar surface area (TPSA) is 38.8 Å². The van der Waals surface area contributed by atoms with Crippen molar-refractivity contribution in [3.8, 4) is 5.75 Å². The Labute approximate surface area is 133 Å². The zero-order chi connectivity index (χ0) is 14.8. The molecule has 0 spiro atoms. The van der Waals surface area contributed by atoms with Crippen molar-refractivity contribution in [1.29, 1.82) is 0 Å². The van der Waals surface area contributed by atoms with Gasteiger partial charge in [0.25, 0.3) is 0 Å². The molecule has 2 aliphatic rings. The van der Waals surface area contributed by atoms with Crippen LogP contribution in [0.4, 0.5) is 0 Å². The van der Waals surface area contributed by atoms with Gasteiger partial charge < -0.3 is 14.4 Å². The lowest BCUT2D eigenvalue weighted by Gasteiger charge is -2.38. The second-order valence-corrected chi connectivity index (χ2v) is 6.43. The summed E-state index contributed by atoms with van der Waals surface area (Å²) in [6.45, 7) is 3.81. The Hall–Kier alpha value is -1.07. The molecule has 3 unspecified atom stereocenters. The van der Waals surface area contributed by atoms with E-state index in [1.165, 1.54) is 0 Å². The molecular weight excluding hydrogens is 334 g/mol. The van der Waals surface area contributed by atoms with Crippen LogP contribution in [0.25, 0.3) is 0 Å². The minimum Gasteiger partial charge on any atom is -0.492 e. The van der Waals surface area contributed by atoms with Crippen LogP contribution in [0, 0.1) is 5.92 Å². The third-order valence-electron chi connectivity index (χ3n) is 4.04. The number of rotatable bonds is 2. The van der Waals surface area contributed by atoms with Crippen molar-refractivity contribution in [3.05, 3.63) is 29.8 Å². The van der Waals surface area contributed by atoms with Gasteiger partial charge in [-0.25, -0.2) is 0 Å². The first kappa shape index (κ1) is 14.9. The molecule has 0 saturated carbocycles. The lowest BCUT2D eigenvalue weighted by Crippen LogP contribution is -2.52. The number of ether oxygens (including phenoxy) is 2. The quantitative estimate of drug-likeness (QED) is 0.765. The first-order chi connectivity index (χ1) is 10.2. The number of carbonyl (C=O) groups is 1. The molecule has 0 bridgehead atoms. The number of nitrogens with zero attached hydrogens (tertiary/aromatic N) is 1. The molecule has 5 heteroatoms. The molecule has 3 atom stereocenters.